The van der Waals surface area contributed by atoms with Crippen LogP contribution in [0.4, 0.5) is 17.1 Å². The number of methoxy groups -OCH3 is 1. The first-order valence-electron chi connectivity index (χ1n) is 12.6. The van der Waals surface area contributed by atoms with Crippen LogP contribution in [0.3, 0.4) is 0 Å². The molecule has 0 aliphatic carbocycles. The van der Waals surface area contributed by atoms with Crippen LogP contribution in [0.5, 0.6) is 5.75 Å². The number of thiocarbonyl (C=S) groups is 1. The number of anilines is 3. The van der Waals surface area contributed by atoms with E-state index >= 15 is 0 Å². The number of hydrogen-bond acceptors (Lipinski definition) is 5. The van der Waals surface area contributed by atoms with Gasteiger partial charge in [-0.3, -0.25) is 9.78 Å². The van der Waals surface area contributed by atoms with Crippen molar-refractivity contribution in [2.75, 3.05) is 29.3 Å². The minimum Gasteiger partial charge on any atom is -0.495 e. The van der Waals surface area contributed by atoms with Crippen molar-refractivity contribution in [3.8, 4) is 5.75 Å². The fourth-order valence-corrected chi connectivity index (χ4v) is 5.81. The molecule has 2 aromatic carbocycles. The first kappa shape index (κ1) is 25.7. The Balaban J connectivity index is 1.66. The van der Waals surface area contributed by atoms with Gasteiger partial charge in [0.05, 0.1) is 36.1 Å². The van der Waals surface area contributed by atoms with Crippen LogP contribution in [0.25, 0.3) is 5.57 Å². The molecule has 196 valence electrons. The SMILES string of the molecule is COc1ccc(N2C(=S)N[C@H](c3ccccn3)[C@H]2c2ccc3c(c2)C(C)=CC(C)(C)N3C)cc1NC(C)=O. The Kier molecular flexibility index (Phi) is 6.61. The molecule has 1 fully saturated rings. The standard InChI is InChI=1S/C30H33N5O2S/c1-18-17-30(3,4)34(5)25-12-10-20(15-22(18)25)28-27(23-9-7-8-14-31-23)33-29(38)35(28)21-11-13-26(37-6)24(16-21)32-19(2)36/h7-17,27-28H,1-6H3,(H,32,36)(H,33,38)/t27-,28-/m1/s1. The second-order valence-corrected chi connectivity index (χ2v) is 10.8. The molecule has 3 aromatic rings. The summed E-state index contributed by atoms with van der Waals surface area (Å²) in [5, 5.41) is 6.99. The number of amides is 1. The molecule has 5 rings (SSSR count). The third kappa shape index (κ3) is 4.49. The number of aromatic nitrogens is 1. The largest absolute Gasteiger partial charge is 0.495 e. The highest BCUT2D eigenvalue weighted by molar-refractivity contribution is 7.80. The van der Waals surface area contributed by atoms with Crippen LogP contribution in [-0.2, 0) is 4.79 Å². The molecular formula is C30H33N5O2S. The number of likely N-dealkylation sites (N-methyl/N-ethyl adjacent to an activating group) is 1. The molecule has 0 bridgehead atoms. The van der Waals surface area contributed by atoms with Crippen LogP contribution >= 0.6 is 12.2 Å². The molecule has 2 atom stereocenters. The molecule has 2 aliphatic rings. The summed E-state index contributed by atoms with van der Waals surface area (Å²) in [6, 6.07) is 18.0. The Labute approximate surface area is 229 Å². The van der Waals surface area contributed by atoms with E-state index in [9.17, 15) is 4.79 Å². The van der Waals surface area contributed by atoms with Gasteiger partial charge in [0, 0.05) is 37.1 Å². The lowest BCUT2D eigenvalue weighted by molar-refractivity contribution is -0.114. The fourth-order valence-electron chi connectivity index (χ4n) is 5.47. The van der Waals surface area contributed by atoms with Gasteiger partial charge in [0.15, 0.2) is 5.11 Å². The zero-order valence-corrected chi connectivity index (χ0v) is 23.4. The van der Waals surface area contributed by atoms with Gasteiger partial charge >= 0.3 is 0 Å². The van der Waals surface area contributed by atoms with Crippen molar-refractivity contribution in [2.24, 2.45) is 0 Å². The molecule has 1 saturated heterocycles. The zero-order chi connectivity index (χ0) is 27.2. The molecule has 3 heterocycles. The number of benzene rings is 2. The maximum Gasteiger partial charge on any atom is 0.221 e. The highest BCUT2D eigenvalue weighted by Crippen LogP contribution is 2.46. The van der Waals surface area contributed by atoms with E-state index in [0.29, 0.717) is 16.5 Å². The van der Waals surface area contributed by atoms with E-state index in [-0.39, 0.29) is 23.5 Å². The average molecular weight is 528 g/mol. The van der Waals surface area contributed by atoms with Crippen LogP contribution in [-0.4, -0.2) is 35.7 Å². The van der Waals surface area contributed by atoms with Crippen molar-refractivity contribution in [3.05, 3.63) is 83.7 Å². The molecule has 7 nitrogen and oxygen atoms in total. The number of carbonyl (C=O) groups excluding carboxylic acids is 1. The zero-order valence-electron chi connectivity index (χ0n) is 22.6. The molecule has 0 radical (unpaired) electrons. The predicted molar refractivity (Wildman–Crippen MR) is 158 cm³/mol. The topological polar surface area (TPSA) is 69.7 Å². The van der Waals surface area contributed by atoms with Crippen LogP contribution in [0.1, 0.15) is 56.6 Å². The molecule has 1 amide bonds. The van der Waals surface area contributed by atoms with Gasteiger partial charge in [0.1, 0.15) is 5.75 Å². The van der Waals surface area contributed by atoms with E-state index in [0.717, 1.165) is 16.9 Å². The van der Waals surface area contributed by atoms with E-state index in [4.69, 9.17) is 17.0 Å². The lowest BCUT2D eigenvalue weighted by atomic mass is 9.86. The van der Waals surface area contributed by atoms with Crippen LogP contribution in [0, 0.1) is 0 Å². The highest BCUT2D eigenvalue weighted by atomic mass is 32.1. The van der Waals surface area contributed by atoms with Crippen LogP contribution < -0.4 is 25.2 Å². The molecule has 38 heavy (non-hydrogen) atoms. The van der Waals surface area contributed by atoms with Gasteiger partial charge in [0.2, 0.25) is 5.91 Å². The molecular weight excluding hydrogens is 494 g/mol. The summed E-state index contributed by atoms with van der Waals surface area (Å²) in [7, 11) is 3.72. The minimum atomic E-state index is -0.172. The van der Waals surface area contributed by atoms with Crippen molar-refractivity contribution in [1.82, 2.24) is 10.3 Å². The summed E-state index contributed by atoms with van der Waals surface area (Å²) in [4.78, 5) is 21.0. The second kappa shape index (κ2) is 9.76. The van der Waals surface area contributed by atoms with Gasteiger partial charge in [-0.25, -0.2) is 0 Å². The molecule has 0 spiro atoms. The lowest BCUT2D eigenvalue weighted by Gasteiger charge is -2.41. The van der Waals surface area contributed by atoms with Crippen LogP contribution in [0.2, 0.25) is 0 Å². The Morgan fingerprint density at radius 3 is 2.63 bits per heavy atom. The molecule has 0 saturated carbocycles. The minimum absolute atomic E-state index is 0.0686. The van der Waals surface area contributed by atoms with Crippen molar-refractivity contribution in [2.45, 2.75) is 45.3 Å². The van der Waals surface area contributed by atoms with Gasteiger partial charge in [-0.05, 0) is 86.6 Å². The van der Waals surface area contributed by atoms with Gasteiger partial charge in [-0.2, -0.15) is 0 Å². The normalized spacial score (nSPS) is 19.9. The maximum absolute atomic E-state index is 11.9. The number of carbonyl (C=O) groups is 1. The Hall–Kier alpha value is -3.91. The van der Waals surface area contributed by atoms with Crippen molar-refractivity contribution < 1.29 is 9.53 Å². The number of pyridine rings is 1. The van der Waals surface area contributed by atoms with E-state index in [1.54, 1.807) is 13.3 Å². The summed E-state index contributed by atoms with van der Waals surface area (Å²) in [5.74, 6) is 0.412. The van der Waals surface area contributed by atoms with Gasteiger partial charge in [-0.15, -0.1) is 0 Å². The Bertz CT molecular complexity index is 1440. The molecule has 8 heteroatoms. The first-order valence-corrected chi connectivity index (χ1v) is 13.1. The number of fused-ring (bicyclic) bond motifs is 1. The summed E-state index contributed by atoms with van der Waals surface area (Å²) >= 11 is 5.91. The third-order valence-corrected chi connectivity index (χ3v) is 7.77. The Morgan fingerprint density at radius 1 is 1.16 bits per heavy atom. The molecule has 0 unspecified atom stereocenters. The first-order chi connectivity index (χ1) is 18.1. The number of hydrogen-bond donors (Lipinski definition) is 2. The molecule has 2 aliphatic heterocycles. The average Bonchev–Trinajstić information content (AvgIpc) is 3.24. The third-order valence-electron chi connectivity index (χ3n) is 7.45. The quantitative estimate of drug-likeness (QED) is 0.403. The van der Waals surface area contributed by atoms with Crippen molar-refractivity contribution in [3.63, 3.8) is 0 Å². The van der Waals surface area contributed by atoms with Crippen molar-refractivity contribution in [1.29, 1.82) is 0 Å². The monoisotopic (exact) mass is 527 g/mol. The van der Waals surface area contributed by atoms with Gasteiger partial charge < -0.3 is 25.2 Å². The number of nitrogens with zero attached hydrogens (tertiary/aromatic N) is 3. The molecule has 1 aromatic heterocycles. The summed E-state index contributed by atoms with van der Waals surface area (Å²) in [6.45, 7) is 8.10. The number of nitrogens with one attached hydrogen (secondary N) is 2. The Morgan fingerprint density at radius 2 is 1.95 bits per heavy atom. The van der Waals surface area contributed by atoms with Gasteiger partial charge in [0.25, 0.3) is 0 Å². The van der Waals surface area contributed by atoms with E-state index < -0.39 is 0 Å². The van der Waals surface area contributed by atoms with Gasteiger partial charge in [-0.1, -0.05) is 18.2 Å². The van der Waals surface area contributed by atoms with E-state index in [1.165, 1.54) is 23.7 Å². The summed E-state index contributed by atoms with van der Waals surface area (Å²) < 4.78 is 5.49. The number of allylic oxidation sites excluding steroid dienone is 1. The lowest BCUT2D eigenvalue weighted by Crippen LogP contribution is -2.42. The van der Waals surface area contributed by atoms with Crippen LogP contribution in [0.15, 0.2) is 66.9 Å². The fraction of sp³-hybridized carbons (Fsp3) is 0.300. The second-order valence-electron chi connectivity index (χ2n) is 10.4. The number of ether oxygens (including phenoxy) is 1. The maximum atomic E-state index is 11.9. The number of rotatable bonds is 5. The highest BCUT2D eigenvalue weighted by Gasteiger charge is 2.41. The molecule has 2 N–H and O–H groups in total. The smallest absolute Gasteiger partial charge is 0.221 e. The predicted octanol–water partition coefficient (Wildman–Crippen LogP) is 5.86. The van der Waals surface area contributed by atoms with E-state index in [1.807, 2.05) is 36.4 Å². The summed E-state index contributed by atoms with van der Waals surface area (Å²) in [6.07, 6.45) is 4.12. The van der Waals surface area contributed by atoms with Crippen molar-refractivity contribution >= 4 is 45.9 Å². The summed E-state index contributed by atoms with van der Waals surface area (Å²) in [5.41, 5.74) is 7.04. The van der Waals surface area contributed by atoms with E-state index in [2.05, 4.69) is 77.5 Å².